The first kappa shape index (κ1) is 14.3. The standard InChI is InChI=1S/C11H16BrNO3S/c1-11(2,3)7-17(15,16)13-9-6-8(12)4-5-10(9)14/h4-6,13-14H,7H2,1-3H3. The highest BCUT2D eigenvalue weighted by Gasteiger charge is 2.22. The van der Waals surface area contributed by atoms with E-state index in [1.54, 1.807) is 6.07 Å². The van der Waals surface area contributed by atoms with Crippen molar-refractivity contribution >= 4 is 31.6 Å². The van der Waals surface area contributed by atoms with Gasteiger partial charge in [-0.15, -0.1) is 0 Å². The van der Waals surface area contributed by atoms with Gasteiger partial charge in [-0.25, -0.2) is 8.42 Å². The van der Waals surface area contributed by atoms with E-state index in [-0.39, 0.29) is 22.6 Å². The van der Waals surface area contributed by atoms with Crippen LogP contribution in [0.4, 0.5) is 5.69 Å². The lowest BCUT2D eigenvalue weighted by Gasteiger charge is -2.19. The lowest BCUT2D eigenvalue weighted by Crippen LogP contribution is -2.26. The largest absolute Gasteiger partial charge is 0.506 e. The van der Waals surface area contributed by atoms with Gasteiger partial charge < -0.3 is 5.11 Å². The molecule has 0 heterocycles. The van der Waals surface area contributed by atoms with Gasteiger partial charge in [0.25, 0.3) is 0 Å². The molecule has 0 aliphatic heterocycles. The predicted molar refractivity (Wildman–Crippen MR) is 72.7 cm³/mol. The number of hydrogen-bond donors (Lipinski definition) is 2. The number of benzene rings is 1. The molecule has 0 radical (unpaired) electrons. The monoisotopic (exact) mass is 321 g/mol. The molecule has 0 fully saturated rings. The van der Waals surface area contributed by atoms with Crippen molar-refractivity contribution < 1.29 is 13.5 Å². The maximum atomic E-state index is 11.8. The molecule has 0 spiro atoms. The third kappa shape index (κ3) is 4.95. The smallest absolute Gasteiger partial charge is 0.233 e. The molecule has 0 aliphatic rings. The Balaban J connectivity index is 2.94. The Morgan fingerprint density at radius 3 is 2.47 bits per heavy atom. The molecular weight excluding hydrogens is 306 g/mol. The SMILES string of the molecule is CC(C)(C)CS(=O)(=O)Nc1cc(Br)ccc1O. The zero-order valence-corrected chi connectivity index (χ0v) is 12.4. The first-order valence-corrected chi connectivity index (χ1v) is 7.53. The van der Waals surface area contributed by atoms with Crippen molar-refractivity contribution in [3.8, 4) is 5.75 Å². The number of sulfonamides is 1. The third-order valence-electron chi connectivity index (χ3n) is 1.85. The summed E-state index contributed by atoms with van der Waals surface area (Å²) in [7, 11) is -3.46. The molecule has 17 heavy (non-hydrogen) atoms. The fourth-order valence-corrected chi connectivity index (χ4v) is 3.44. The number of halogens is 1. The van der Waals surface area contributed by atoms with E-state index in [1.165, 1.54) is 12.1 Å². The molecule has 1 aromatic carbocycles. The number of phenolic OH excluding ortho intramolecular Hbond substituents is 1. The molecule has 1 rings (SSSR count). The molecule has 0 saturated carbocycles. The molecule has 4 nitrogen and oxygen atoms in total. The summed E-state index contributed by atoms with van der Waals surface area (Å²) >= 11 is 3.22. The van der Waals surface area contributed by atoms with E-state index >= 15 is 0 Å². The average Bonchev–Trinajstić information content (AvgIpc) is 2.06. The zero-order chi connectivity index (χ0) is 13.3. The van der Waals surface area contributed by atoms with Crippen LogP contribution in [0.1, 0.15) is 20.8 Å². The van der Waals surface area contributed by atoms with Gasteiger partial charge in [0.1, 0.15) is 5.75 Å². The van der Waals surface area contributed by atoms with Crippen LogP contribution >= 0.6 is 15.9 Å². The maximum absolute atomic E-state index is 11.8. The van der Waals surface area contributed by atoms with Gasteiger partial charge in [-0.3, -0.25) is 4.72 Å². The summed E-state index contributed by atoms with van der Waals surface area (Å²) in [5.74, 6) is -0.0999. The highest BCUT2D eigenvalue weighted by molar-refractivity contribution is 9.10. The summed E-state index contributed by atoms with van der Waals surface area (Å²) in [5, 5.41) is 9.55. The predicted octanol–water partition coefficient (Wildman–Crippen LogP) is 2.94. The van der Waals surface area contributed by atoms with Crippen molar-refractivity contribution in [2.24, 2.45) is 5.41 Å². The van der Waals surface area contributed by atoms with Crippen LogP contribution in [-0.4, -0.2) is 19.3 Å². The van der Waals surface area contributed by atoms with Crippen molar-refractivity contribution in [1.82, 2.24) is 0 Å². The van der Waals surface area contributed by atoms with Crippen LogP contribution in [0.25, 0.3) is 0 Å². The van der Waals surface area contributed by atoms with Crippen molar-refractivity contribution in [3.63, 3.8) is 0 Å². The van der Waals surface area contributed by atoms with Crippen LogP contribution in [0.5, 0.6) is 5.75 Å². The van der Waals surface area contributed by atoms with Crippen molar-refractivity contribution in [1.29, 1.82) is 0 Å². The summed E-state index contributed by atoms with van der Waals surface area (Å²) in [6.45, 7) is 5.52. The molecule has 0 aliphatic carbocycles. The second-order valence-corrected chi connectivity index (χ2v) is 7.72. The molecule has 0 amide bonds. The lowest BCUT2D eigenvalue weighted by molar-refractivity contribution is 0.462. The fraction of sp³-hybridized carbons (Fsp3) is 0.455. The Morgan fingerprint density at radius 2 is 1.94 bits per heavy atom. The summed E-state index contributed by atoms with van der Waals surface area (Å²) in [5.41, 5.74) is -0.156. The Kier molecular flexibility index (Phi) is 4.09. The number of hydrogen-bond acceptors (Lipinski definition) is 3. The van der Waals surface area contributed by atoms with Crippen molar-refractivity contribution in [2.75, 3.05) is 10.5 Å². The number of anilines is 1. The molecule has 0 saturated heterocycles. The molecular formula is C11H16BrNO3S. The van der Waals surface area contributed by atoms with Crippen LogP contribution in [0, 0.1) is 5.41 Å². The Morgan fingerprint density at radius 1 is 1.35 bits per heavy atom. The Hall–Kier alpha value is -0.750. The van der Waals surface area contributed by atoms with Gasteiger partial charge in [0.05, 0.1) is 11.4 Å². The number of aromatic hydroxyl groups is 1. The Bertz CT molecular complexity index is 506. The molecule has 0 bridgehead atoms. The highest BCUT2D eigenvalue weighted by Crippen LogP contribution is 2.28. The quantitative estimate of drug-likeness (QED) is 0.841. The van der Waals surface area contributed by atoms with Crippen LogP contribution in [0.2, 0.25) is 0 Å². The topological polar surface area (TPSA) is 66.4 Å². The molecule has 2 N–H and O–H groups in total. The Labute approximate surface area is 110 Å². The van der Waals surface area contributed by atoms with E-state index in [9.17, 15) is 13.5 Å². The lowest BCUT2D eigenvalue weighted by atomic mass is 10.0. The van der Waals surface area contributed by atoms with Crippen LogP contribution in [0.3, 0.4) is 0 Å². The number of rotatable bonds is 3. The van der Waals surface area contributed by atoms with Gasteiger partial charge in [-0.1, -0.05) is 36.7 Å². The molecule has 0 aromatic heterocycles. The number of phenols is 1. The molecule has 0 atom stereocenters. The third-order valence-corrected chi connectivity index (χ3v) is 4.12. The average molecular weight is 322 g/mol. The minimum Gasteiger partial charge on any atom is -0.506 e. The van der Waals surface area contributed by atoms with Gasteiger partial charge in [-0.2, -0.15) is 0 Å². The molecule has 0 unspecified atom stereocenters. The van der Waals surface area contributed by atoms with Crippen LogP contribution in [0.15, 0.2) is 22.7 Å². The molecule has 1 aromatic rings. The maximum Gasteiger partial charge on any atom is 0.233 e. The minimum atomic E-state index is -3.46. The molecule has 6 heteroatoms. The summed E-state index contributed by atoms with van der Waals surface area (Å²) in [4.78, 5) is 0. The first-order valence-electron chi connectivity index (χ1n) is 5.08. The first-order chi connectivity index (χ1) is 7.59. The zero-order valence-electron chi connectivity index (χ0n) is 9.99. The van der Waals surface area contributed by atoms with Crippen molar-refractivity contribution in [2.45, 2.75) is 20.8 Å². The van der Waals surface area contributed by atoms with E-state index in [2.05, 4.69) is 20.7 Å². The fourth-order valence-electron chi connectivity index (χ4n) is 1.36. The summed E-state index contributed by atoms with van der Waals surface area (Å²) in [6, 6.07) is 4.59. The van der Waals surface area contributed by atoms with Gasteiger partial charge in [0.15, 0.2) is 0 Å². The van der Waals surface area contributed by atoms with Gasteiger partial charge in [0, 0.05) is 4.47 Å². The summed E-state index contributed by atoms with van der Waals surface area (Å²) in [6.07, 6.45) is 0. The molecule has 96 valence electrons. The second-order valence-electron chi connectivity index (χ2n) is 5.08. The van der Waals surface area contributed by atoms with Crippen molar-refractivity contribution in [3.05, 3.63) is 22.7 Å². The normalized spacial score (nSPS) is 12.5. The van der Waals surface area contributed by atoms with Crippen LogP contribution < -0.4 is 4.72 Å². The minimum absolute atomic E-state index is 0.00798. The van der Waals surface area contributed by atoms with E-state index in [0.717, 1.165) is 0 Å². The van der Waals surface area contributed by atoms with Gasteiger partial charge in [-0.05, 0) is 23.6 Å². The van der Waals surface area contributed by atoms with E-state index < -0.39 is 10.0 Å². The van der Waals surface area contributed by atoms with E-state index in [0.29, 0.717) is 4.47 Å². The van der Waals surface area contributed by atoms with E-state index in [4.69, 9.17) is 0 Å². The van der Waals surface area contributed by atoms with Crippen LogP contribution in [-0.2, 0) is 10.0 Å². The summed E-state index contributed by atoms with van der Waals surface area (Å²) < 4.78 is 26.8. The highest BCUT2D eigenvalue weighted by atomic mass is 79.9. The van der Waals surface area contributed by atoms with Gasteiger partial charge in [0.2, 0.25) is 10.0 Å². The van der Waals surface area contributed by atoms with Gasteiger partial charge >= 0.3 is 0 Å². The second kappa shape index (κ2) is 4.86. The number of nitrogens with one attached hydrogen (secondary N) is 1. The van der Waals surface area contributed by atoms with E-state index in [1.807, 2.05) is 20.8 Å².